The van der Waals surface area contributed by atoms with Gasteiger partial charge < -0.3 is 4.74 Å². The van der Waals surface area contributed by atoms with Gasteiger partial charge in [-0.1, -0.05) is 57.4 Å². The molecule has 1 unspecified atom stereocenters. The summed E-state index contributed by atoms with van der Waals surface area (Å²) in [6.45, 7) is 4.58. The fraction of sp³-hybridized carbons (Fsp3) is 0.364. The molecule has 0 radical (unpaired) electrons. The molecule has 1 aliphatic carbocycles. The second-order valence-corrected chi connectivity index (χ2v) is 6.68. The van der Waals surface area contributed by atoms with E-state index >= 15 is 0 Å². The van der Waals surface area contributed by atoms with Gasteiger partial charge in [0.25, 0.3) is 0 Å². The normalized spacial score (nSPS) is 14.7. The molecule has 0 saturated heterocycles. The van der Waals surface area contributed by atoms with E-state index in [1.807, 2.05) is 30.3 Å². The summed E-state index contributed by atoms with van der Waals surface area (Å²) in [5.41, 5.74) is 3.44. The Kier molecular flexibility index (Phi) is 5.97. The van der Waals surface area contributed by atoms with Crippen LogP contribution in [-0.2, 0) is 9.53 Å². The number of carbonyl (C=O) groups is 1. The van der Waals surface area contributed by atoms with Crippen molar-refractivity contribution in [2.75, 3.05) is 6.61 Å². The maximum Gasteiger partial charge on any atom is 0.349 e. The van der Waals surface area contributed by atoms with Crippen LogP contribution in [0.25, 0.3) is 16.8 Å². The number of unbranched alkanes of at least 4 members (excludes halogenated alkanes) is 1. The Morgan fingerprint density at radius 2 is 1.85 bits per heavy atom. The molecule has 0 spiro atoms. The number of carbonyl (C=O) groups excluding carboxylic acids is 1. The van der Waals surface area contributed by atoms with E-state index in [1.165, 1.54) is 0 Å². The third-order valence-electron chi connectivity index (χ3n) is 4.95. The Morgan fingerprint density at radius 1 is 1.15 bits per heavy atom. The van der Waals surface area contributed by atoms with E-state index in [0.717, 1.165) is 36.8 Å². The average molecular weight is 361 g/mol. The van der Waals surface area contributed by atoms with Crippen molar-refractivity contribution in [2.24, 2.45) is 5.92 Å². The fourth-order valence-electron chi connectivity index (χ4n) is 3.37. The molecule has 0 aliphatic heterocycles. The van der Waals surface area contributed by atoms with Gasteiger partial charge in [0.15, 0.2) is 0 Å². The Balaban J connectivity index is 1.93. The second kappa shape index (κ2) is 8.59. The Hall–Kier alpha value is -3.00. The van der Waals surface area contributed by atoms with Crippen LogP contribution >= 0.6 is 0 Å². The smallest absolute Gasteiger partial charge is 0.349 e. The number of ether oxygens (including phenoxy) is 1. The van der Waals surface area contributed by atoms with Gasteiger partial charge in [0.05, 0.1) is 18.0 Å². The number of aromatic nitrogens is 2. The van der Waals surface area contributed by atoms with E-state index in [-0.39, 0.29) is 5.57 Å². The van der Waals surface area contributed by atoms with Crippen molar-refractivity contribution in [3.63, 3.8) is 0 Å². The van der Waals surface area contributed by atoms with E-state index < -0.39 is 5.97 Å². The number of hydrogen-bond acceptors (Lipinski definition) is 5. The molecule has 5 nitrogen and oxygen atoms in total. The number of esters is 1. The molecule has 0 amide bonds. The zero-order valence-electron chi connectivity index (χ0n) is 15.7. The van der Waals surface area contributed by atoms with Gasteiger partial charge in [-0.3, -0.25) is 9.97 Å². The number of hydrogen-bond donors (Lipinski definition) is 0. The maximum atomic E-state index is 12.7. The summed E-state index contributed by atoms with van der Waals surface area (Å²) in [6, 6.07) is 9.64. The van der Waals surface area contributed by atoms with Crippen molar-refractivity contribution >= 4 is 11.5 Å². The standard InChI is InChI=1S/C22H23N3O2/c1-3-5-8-15(4-2)14-27-22(26)18(13-23)19-16-9-6-7-10-17(16)20-21(19)25-12-11-24-20/h6-7,9-12,15H,3-5,8,14H2,1-2H3/b19-18-. The number of nitriles is 1. The predicted molar refractivity (Wildman–Crippen MR) is 103 cm³/mol. The van der Waals surface area contributed by atoms with Gasteiger partial charge in [0.2, 0.25) is 0 Å². The van der Waals surface area contributed by atoms with Crippen LogP contribution in [0.15, 0.2) is 42.2 Å². The van der Waals surface area contributed by atoms with Gasteiger partial charge in [-0.25, -0.2) is 4.79 Å². The molecule has 0 saturated carbocycles. The molecule has 1 heterocycles. The summed E-state index contributed by atoms with van der Waals surface area (Å²) in [4.78, 5) is 21.5. The molecule has 27 heavy (non-hydrogen) atoms. The second-order valence-electron chi connectivity index (χ2n) is 6.68. The molecule has 1 atom stereocenters. The SMILES string of the molecule is CCCCC(CC)COC(=O)/C(C#N)=C1/c2ccccc2-c2nccnc21. The predicted octanol–water partition coefficient (Wildman–Crippen LogP) is 4.54. The van der Waals surface area contributed by atoms with Crippen LogP contribution < -0.4 is 0 Å². The maximum absolute atomic E-state index is 12.7. The molecular formula is C22H23N3O2. The van der Waals surface area contributed by atoms with Gasteiger partial charge >= 0.3 is 5.97 Å². The first kappa shape index (κ1) is 18.8. The van der Waals surface area contributed by atoms with E-state index in [9.17, 15) is 10.1 Å². The third-order valence-corrected chi connectivity index (χ3v) is 4.95. The van der Waals surface area contributed by atoms with Gasteiger partial charge in [-0.05, 0) is 17.9 Å². The summed E-state index contributed by atoms with van der Waals surface area (Å²) < 4.78 is 5.52. The third kappa shape index (κ3) is 3.75. The fourth-order valence-corrected chi connectivity index (χ4v) is 3.37. The van der Waals surface area contributed by atoms with Crippen molar-refractivity contribution in [1.29, 1.82) is 5.26 Å². The lowest BCUT2D eigenvalue weighted by Gasteiger charge is -2.15. The monoisotopic (exact) mass is 361 g/mol. The highest BCUT2D eigenvalue weighted by Crippen LogP contribution is 2.43. The number of benzene rings is 1. The van der Waals surface area contributed by atoms with Crippen LogP contribution in [0.1, 0.15) is 50.8 Å². The first-order valence-electron chi connectivity index (χ1n) is 9.43. The van der Waals surface area contributed by atoms with Crippen molar-refractivity contribution < 1.29 is 9.53 Å². The molecule has 1 aromatic carbocycles. The topological polar surface area (TPSA) is 75.9 Å². The molecule has 0 fully saturated rings. The highest BCUT2D eigenvalue weighted by atomic mass is 16.5. The summed E-state index contributed by atoms with van der Waals surface area (Å²) >= 11 is 0. The van der Waals surface area contributed by atoms with Crippen LogP contribution in [0, 0.1) is 17.2 Å². The van der Waals surface area contributed by atoms with E-state index in [4.69, 9.17) is 4.74 Å². The van der Waals surface area contributed by atoms with Crippen LogP contribution in [0.5, 0.6) is 0 Å². The largest absolute Gasteiger partial charge is 0.461 e. The first-order valence-corrected chi connectivity index (χ1v) is 9.43. The molecule has 0 N–H and O–H groups in total. The molecule has 5 heteroatoms. The van der Waals surface area contributed by atoms with Crippen molar-refractivity contribution in [1.82, 2.24) is 9.97 Å². The molecule has 1 aliphatic rings. The number of fused-ring (bicyclic) bond motifs is 3. The zero-order valence-corrected chi connectivity index (χ0v) is 15.7. The van der Waals surface area contributed by atoms with Gasteiger partial charge in [-0.2, -0.15) is 5.26 Å². The lowest BCUT2D eigenvalue weighted by molar-refractivity contribution is -0.139. The molecule has 3 rings (SSSR count). The van der Waals surface area contributed by atoms with Gasteiger partial charge in [-0.15, -0.1) is 0 Å². The quantitative estimate of drug-likeness (QED) is 0.351. The zero-order chi connectivity index (χ0) is 19.2. The van der Waals surface area contributed by atoms with Gasteiger partial charge in [0, 0.05) is 23.5 Å². The highest BCUT2D eigenvalue weighted by Gasteiger charge is 2.31. The van der Waals surface area contributed by atoms with Crippen molar-refractivity contribution in [3.8, 4) is 17.3 Å². The van der Waals surface area contributed by atoms with Crippen LogP contribution in [-0.4, -0.2) is 22.5 Å². The Bertz CT molecular complexity index is 864. The minimum absolute atomic E-state index is 0.00737. The van der Waals surface area contributed by atoms with Crippen LogP contribution in [0.3, 0.4) is 0 Å². The average Bonchev–Trinajstić information content (AvgIpc) is 3.04. The van der Waals surface area contributed by atoms with Crippen molar-refractivity contribution in [3.05, 3.63) is 53.5 Å². The van der Waals surface area contributed by atoms with E-state index in [2.05, 4.69) is 23.8 Å². The van der Waals surface area contributed by atoms with E-state index in [1.54, 1.807) is 12.4 Å². The van der Waals surface area contributed by atoms with Crippen molar-refractivity contribution in [2.45, 2.75) is 39.5 Å². The number of rotatable bonds is 7. The molecule has 2 aromatic rings. The molecule has 1 aromatic heterocycles. The lowest BCUT2D eigenvalue weighted by atomic mass is 10.00. The molecule has 0 bridgehead atoms. The highest BCUT2D eigenvalue weighted by molar-refractivity contribution is 6.10. The van der Waals surface area contributed by atoms with Gasteiger partial charge in [0.1, 0.15) is 11.6 Å². The van der Waals surface area contributed by atoms with Crippen LogP contribution in [0.4, 0.5) is 0 Å². The molecule has 138 valence electrons. The van der Waals surface area contributed by atoms with Crippen LogP contribution in [0.2, 0.25) is 0 Å². The minimum Gasteiger partial charge on any atom is -0.461 e. The summed E-state index contributed by atoms with van der Waals surface area (Å²) in [6.07, 6.45) is 7.38. The Morgan fingerprint density at radius 3 is 2.52 bits per heavy atom. The lowest BCUT2D eigenvalue weighted by Crippen LogP contribution is -2.16. The Labute approximate surface area is 159 Å². The minimum atomic E-state index is -0.587. The van der Waals surface area contributed by atoms with E-state index in [0.29, 0.717) is 29.5 Å². The summed E-state index contributed by atoms with van der Waals surface area (Å²) in [5, 5.41) is 9.71. The first-order chi connectivity index (χ1) is 13.2. The number of nitrogens with zero attached hydrogens (tertiary/aromatic N) is 3. The summed E-state index contributed by atoms with van der Waals surface area (Å²) in [5.74, 6) is -0.266. The summed E-state index contributed by atoms with van der Waals surface area (Å²) in [7, 11) is 0. The molecular weight excluding hydrogens is 338 g/mol.